The van der Waals surface area contributed by atoms with Crippen molar-refractivity contribution in [3.8, 4) is 0 Å². The highest BCUT2D eigenvalue weighted by molar-refractivity contribution is 7.97. The summed E-state index contributed by atoms with van der Waals surface area (Å²) in [4.78, 5) is 0. The van der Waals surface area contributed by atoms with Crippen molar-refractivity contribution in [3.05, 3.63) is 0 Å². The van der Waals surface area contributed by atoms with Gasteiger partial charge in [0.15, 0.2) is 0 Å². The molecule has 122 valence electrons. The van der Waals surface area contributed by atoms with Gasteiger partial charge in [0.1, 0.15) is 11.0 Å². The molecule has 0 aromatic rings. The molecule has 0 aliphatic rings. The summed E-state index contributed by atoms with van der Waals surface area (Å²) in [6.45, 7) is 7.40. The van der Waals surface area contributed by atoms with E-state index in [9.17, 15) is 13.3 Å². The second-order valence-electron chi connectivity index (χ2n) is 3.59. The molecule has 0 N–H and O–H groups in total. The van der Waals surface area contributed by atoms with Crippen molar-refractivity contribution in [3.63, 3.8) is 0 Å². The molecule has 0 spiro atoms. The van der Waals surface area contributed by atoms with E-state index in [-0.39, 0.29) is 37.4 Å². The largest absolute Gasteiger partial charge is 0.343 e. The van der Waals surface area contributed by atoms with E-state index in [2.05, 4.69) is 0 Å². The Bertz CT molecular complexity index is 334. The predicted octanol–water partition coefficient (Wildman–Crippen LogP) is 3.18. The van der Waals surface area contributed by atoms with Crippen LogP contribution < -0.4 is 0 Å². The average molecular weight is 350 g/mol. The number of hydrogen-bond acceptors (Lipinski definition) is 7. The van der Waals surface area contributed by atoms with Crippen LogP contribution in [0.15, 0.2) is 0 Å². The maximum absolute atomic E-state index is 12.2. The Hall–Kier alpha value is 0.450. The Morgan fingerprint density at radius 3 is 1.15 bits per heavy atom. The van der Waals surface area contributed by atoms with Crippen LogP contribution in [0.4, 0.5) is 0 Å². The quantitative estimate of drug-likeness (QED) is 0.499. The monoisotopic (exact) mass is 350 g/mol. The fraction of sp³-hybridized carbons (Fsp3) is 1.00. The van der Waals surface area contributed by atoms with Crippen LogP contribution in [0.5, 0.6) is 0 Å². The lowest BCUT2D eigenvalue weighted by Gasteiger charge is -2.19. The van der Waals surface area contributed by atoms with E-state index in [1.807, 2.05) is 0 Å². The summed E-state index contributed by atoms with van der Waals surface area (Å²) in [5.74, 6) is 0. The second kappa shape index (κ2) is 10.2. The van der Waals surface area contributed by atoms with Gasteiger partial charge in [-0.25, -0.2) is 0 Å². The molecule has 0 aliphatic heterocycles. The zero-order valence-corrected chi connectivity index (χ0v) is 15.0. The van der Waals surface area contributed by atoms with Crippen LogP contribution >= 0.6 is 15.2 Å². The van der Waals surface area contributed by atoms with Gasteiger partial charge in [0, 0.05) is 10.8 Å². The summed E-state index contributed by atoms with van der Waals surface area (Å²) in [5.41, 5.74) is -0.641. The molecule has 0 amide bonds. The molecule has 20 heavy (non-hydrogen) atoms. The summed E-state index contributed by atoms with van der Waals surface area (Å²) in [6, 6.07) is 0. The van der Waals surface area contributed by atoms with Crippen molar-refractivity contribution in [2.75, 3.05) is 37.4 Å². The molecule has 0 saturated heterocycles. The first-order valence-corrected chi connectivity index (χ1v) is 11.4. The maximum Gasteiger partial charge on any atom is 0.343 e. The fourth-order valence-electron chi connectivity index (χ4n) is 1.40. The first-order valence-electron chi connectivity index (χ1n) is 6.46. The Morgan fingerprint density at radius 1 is 0.700 bits per heavy atom. The normalized spacial score (nSPS) is 13.1. The Balaban J connectivity index is 4.72. The summed E-state index contributed by atoms with van der Waals surface area (Å²) >= 11 is 0. The minimum atomic E-state index is -3.43. The molecular formula is C10H24O7P2S. The third-order valence-corrected chi connectivity index (χ3v) is 9.35. The van der Waals surface area contributed by atoms with Crippen LogP contribution in [0.2, 0.25) is 0 Å². The summed E-state index contributed by atoms with van der Waals surface area (Å²) in [6.07, 6.45) is 0. The van der Waals surface area contributed by atoms with Gasteiger partial charge in [-0.1, -0.05) is 0 Å². The van der Waals surface area contributed by atoms with E-state index < -0.39 is 26.0 Å². The van der Waals surface area contributed by atoms with Gasteiger partial charge in [0.2, 0.25) is 0 Å². The van der Waals surface area contributed by atoms with Crippen LogP contribution in [0.1, 0.15) is 27.7 Å². The third-order valence-electron chi connectivity index (χ3n) is 1.91. The minimum Gasteiger partial charge on any atom is -0.308 e. The molecule has 0 aromatic carbocycles. The highest BCUT2D eigenvalue weighted by Crippen LogP contribution is 2.53. The van der Waals surface area contributed by atoms with E-state index in [1.54, 1.807) is 27.7 Å². The molecule has 0 fully saturated rings. The molecule has 0 unspecified atom stereocenters. The smallest absolute Gasteiger partial charge is 0.308 e. The van der Waals surface area contributed by atoms with Crippen LogP contribution in [-0.4, -0.2) is 41.6 Å². The van der Waals surface area contributed by atoms with Gasteiger partial charge in [0.25, 0.3) is 0 Å². The Kier molecular flexibility index (Phi) is 10.5. The van der Waals surface area contributed by atoms with Crippen molar-refractivity contribution in [2.24, 2.45) is 0 Å². The van der Waals surface area contributed by atoms with Crippen LogP contribution in [0, 0.1) is 0 Å². The van der Waals surface area contributed by atoms with E-state index in [1.165, 1.54) is 0 Å². The summed E-state index contributed by atoms with van der Waals surface area (Å²) < 4.78 is 56.6. The van der Waals surface area contributed by atoms with E-state index in [0.717, 1.165) is 0 Å². The summed E-state index contributed by atoms with van der Waals surface area (Å²) in [5, 5.41) is 0. The van der Waals surface area contributed by atoms with Gasteiger partial charge in [-0.05, 0) is 27.7 Å². The first-order chi connectivity index (χ1) is 9.34. The van der Waals surface area contributed by atoms with Gasteiger partial charge >= 0.3 is 15.2 Å². The van der Waals surface area contributed by atoms with Gasteiger partial charge in [-0.2, -0.15) is 0 Å². The first kappa shape index (κ1) is 20.5. The third kappa shape index (κ3) is 8.03. The zero-order valence-electron chi connectivity index (χ0n) is 12.4. The van der Waals surface area contributed by atoms with Gasteiger partial charge in [0.05, 0.1) is 26.4 Å². The molecule has 7 nitrogen and oxygen atoms in total. The van der Waals surface area contributed by atoms with Crippen molar-refractivity contribution in [1.29, 1.82) is 0 Å². The lowest BCUT2D eigenvalue weighted by Crippen LogP contribution is -2.11. The Labute approximate surface area is 123 Å². The molecule has 0 atom stereocenters. The molecule has 0 aliphatic carbocycles. The maximum atomic E-state index is 12.2. The number of hydrogen-bond donors (Lipinski definition) is 0. The van der Waals surface area contributed by atoms with Crippen molar-refractivity contribution < 1.29 is 31.4 Å². The van der Waals surface area contributed by atoms with E-state index >= 15 is 0 Å². The second-order valence-corrected chi connectivity index (χ2v) is 10.0. The fourth-order valence-corrected chi connectivity index (χ4v) is 8.20. The molecule has 0 heterocycles. The molecule has 0 aromatic heterocycles. The molecular weight excluding hydrogens is 326 g/mol. The van der Waals surface area contributed by atoms with Crippen molar-refractivity contribution in [1.82, 2.24) is 0 Å². The standard InChI is InChI=1S/C10H24O7P2S/c1-5-14-18(11,15-6-2)9-20(13)10-19(12,16-7-3)17-8-4/h5-10H2,1-4H3. The van der Waals surface area contributed by atoms with E-state index in [4.69, 9.17) is 18.1 Å². The summed E-state index contributed by atoms with van der Waals surface area (Å²) in [7, 11) is -8.55. The topological polar surface area (TPSA) is 88.1 Å². The van der Waals surface area contributed by atoms with Crippen LogP contribution in [-0.2, 0) is 38.0 Å². The van der Waals surface area contributed by atoms with Crippen LogP contribution in [0.25, 0.3) is 0 Å². The van der Waals surface area contributed by atoms with Crippen LogP contribution in [0.3, 0.4) is 0 Å². The Morgan fingerprint density at radius 2 is 0.950 bits per heavy atom. The zero-order chi connectivity index (χ0) is 15.6. The number of rotatable bonds is 12. The molecule has 10 heteroatoms. The molecule has 0 saturated carbocycles. The SMILES string of the molecule is CCOP(=O)(CS(=O)CP(=O)(OCC)OCC)OCC. The van der Waals surface area contributed by atoms with E-state index in [0.29, 0.717) is 0 Å². The van der Waals surface area contributed by atoms with Gasteiger partial charge < -0.3 is 18.1 Å². The lowest BCUT2D eigenvalue weighted by molar-refractivity contribution is 0.224. The van der Waals surface area contributed by atoms with Crippen molar-refractivity contribution >= 4 is 26.0 Å². The average Bonchev–Trinajstić information content (AvgIpc) is 2.28. The molecule has 0 bridgehead atoms. The minimum absolute atomic E-state index is 0.184. The van der Waals surface area contributed by atoms with Gasteiger partial charge in [-0.15, -0.1) is 0 Å². The molecule has 0 rings (SSSR count). The van der Waals surface area contributed by atoms with Crippen molar-refractivity contribution in [2.45, 2.75) is 27.7 Å². The molecule has 0 radical (unpaired) electrons. The predicted molar refractivity (Wildman–Crippen MR) is 79.6 cm³/mol. The lowest BCUT2D eigenvalue weighted by atomic mass is 10.9. The highest BCUT2D eigenvalue weighted by Gasteiger charge is 2.33. The highest BCUT2D eigenvalue weighted by atomic mass is 32.2. The van der Waals surface area contributed by atoms with Gasteiger partial charge in [-0.3, -0.25) is 13.3 Å².